The Hall–Kier alpha value is -3.60. The standard InChI is InChI=1S/C25H24O5/c1-18(2)29-23-11-7-6-10-22(23)25(27)30-21-14-12-20(13-15-21)24(26)28-17-16-19-8-4-3-5-9-19/h3-15,18H,16-17H2,1-2H3. The van der Waals surface area contributed by atoms with Gasteiger partial charge in [0.05, 0.1) is 18.3 Å². The predicted octanol–water partition coefficient (Wildman–Crippen LogP) is 5.09. The monoisotopic (exact) mass is 404 g/mol. The molecule has 0 aromatic heterocycles. The Morgan fingerprint density at radius 1 is 0.800 bits per heavy atom. The summed E-state index contributed by atoms with van der Waals surface area (Å²) in [7, 11) is 0. The molecule has 0 unspecified atom stereocenters. The second-order valence-electron chi connectivity index (χ2n) is 6.95. The largest absolute Gasteiger partial charge is 0.490 e. The molecule has 3 aromatic rings. The Morgan fingerprint density at radius 3 is 2.17 bits per heavy atom. The van der Waals surface area contributed by atoms with Crippen LogP contribution in [0.25, 0.3) is 0 Å². The van der Waals surface area contributed by atoms with Crippen LogP contribution in [0.1, 0.15) is 40.1 Å². The first kappa shape index (κ1) is 21.1. The maximum absolute atomic E-state index is 12.5. The first-order chi connectivity index (χ1) is 14.5. The maximum atomic E-state index is 12.5. The Balaban J connectivity index is 1.56. The van der Waals surface area contributed by atoms with E-state index in [1.165, 1.54) is 0 Å². The number of para-hydroxylation sites is 1. The van der Waals surface area contributed by atoms with Crippen molar-refractivity contribution in [2.75, 3.05) is 6.61 Å². The van der Waals surface area contributed by atoms with Crippen LogP contribution in [0.5, 0.6) is 11.5 Å². The molecular formula is C25H24O5. The zero-order valence-electron chi connectivity index (χ0n) is 17.0. The normalized spacial score (nSPS) is 10.5. The van der Waals surface area contributed by atoms with E-state index in [9.17, 15) is 9.59 Å². The summed E-state index contributed by atoms with van der Waals surface area (Å²) in [4.78, 5) is 24.7. The second-order valence-corrected chi connectivity index (χ2v) is 6.95. The third-order valence-electron chi connectivity index (χ3n) is 4.24. The van der Waals surface area contributed by atoms with Crippen LogP contribution in [0, 0.1) is 0 Å². The van der Waals surface area contributed by atoms with Crippen molar-refractivity contribution >= 4 is 11.9 Å². The van der Waals surface area contributed by atoms with Gasteiger partial charge in [-0.1, -0.05) is 42.5 Å². The summed E-state index contributed by atoms with van der Waals surface area (Å²) in [6, 6.07) is 23.0. The van der Waals surface area contributed by atoms with Crippen molar-refractivity contribution in [2.45, 2.75) is 26.4 Å². The summed E-state index contributed by atoms with van der Waals surface area (Å²) < 4.78 is 16.4. The van der Waals surface area contributed by atoms with E-state index in [1.807, 2.05) is 44.2 Å². The molecular weight excluding hydrogens is 380 g/mol. The topological polar surface area (TPSA) is 61.8 Å². The molecule has 0 saturated heterocycles. The molecule has 0 radical (unpaired) electrons. The van der Waals surface area contributed by atoms with Gasteiger partial charge < -0.3 is 14.2 Å². The number of hydrogen-bond donors (Lipinski definition) is 0. The van der Waals surface area contributed by atoms with Gasteiger partial charge >= 0.3 is 11.9 Å². The lowest BCUT2D eigenvalue weighted by Crippen LogP contribution is -2.14. The van der Waals surface area contributed by atoms with E-state index in [2.05, 4.69) is 0 Å². The van der Waals surface area contributed by atoms with Crippen LogP contribution in [0.2, 0.25) is 0 Å². The summed E-state index contributed by atoms with van der Waals surface area (Å²) in [5.74, 6) is -0.139. The van der Waals surface area contributed by atoms with Gasteiger partial charge in [0.25, 0.3) is 0 Å². The highest BCUT2D eigenvalue weighted by molar-refractivity contribution is 5.94. The van der Waals surface area contributed by atoms with Crippen molar-refractivity contribution in [1.82, 2.24) is 0 Å². The van der Waals surface area contributed by atoms with E-state index in [-0.39, 0.29) is 6.10 Å². The SMILES string of the molecule is CC(C)Oc1ccccc1C(=O)Oc1ccc(C(=O)OCCc2ccccc2)cc1. The summed E-state index contributed by atoms with van der Waals surface area (Å²) in [5.41, 5.74) is 1.84. The lowest BCUT2D eigenvalue weighted by Gasteiger charge is -2.13. The van der Waals surface area contributed by atoms with E-state index < -0.39 is 11.9 Å². The molecule has 0 aliphatic rings. The highest BCUT2D eigenvalue weighted by Crippen LogP contribution is 2.22. The molecule has 0 heterocycles. The van der Waals surface area contributed by atoms with Crippen molar-refractivity contribution in [3.8, 4) is 11.5 Å². The first-order valence-electron chi connectivity index (χ1n) is 9.82. The minimum Gasteiger partial charge on any atom is -0.490 e. The Bertz CT molecular complexity index is 978. The summed E-state index contributed by atoms with van der Waals surface area (Å²) in [6.45, 7) is 4.08. The van der Waals surface area contributed by atoms with Gasteiger partial charge in [0.1, 0.15) is 17.1 Å². The van der Waals surface area contributed by atoms with Crippen LogP contribution in [-0.2, 0) is 11.2 Å². The van der Waals surface area contributed by atoms with Gasteiger partial charge in [-0.2, -0.15) is 0 Å². The van der Waals surface area contributed by atoms with Crippen LogP contribution < -0.4 is 9.47 Å². The van der Waals surface area contributed by atoms with Crippen LogP contribution >= 0.6 is 0 Å². The van der Waals surface area contributed by atoms with Gasteiger partial charge in [0, 0.05) is 6.42 Å². The second kappa shape index (κ2) is 10.3. The number of carbonyl (C=O) groups excluding carboxylic acids is 2. The van der Waals surface area contributed by atoms with E-state index in [0.717, 1.165) is 5.56 Å². The zero-order chi connectivity index (χ0) is 21.3. The molecule has 0 spiro atoms. The Kier molecular flexibility index (Phi) is 7.22. The molecule has 154 valence electrons. The molecule has 0 aliphatic heterocycles. The van der Waals surface area contributed by atoms with Crippen molar-refractivity contribution in [3.63, 3.8) is 0 Å². The highest BCUT2D eigenvalue weighted by Gasteiger charge is 2.16. The van der Waals surface area contributed by atoms with Crippen molar-refractivity contribution < 1.29 is 23.8 Å². The minimum absolute atomic E-state index is 0.0638. The van der Waals surface area contributed by atoms with Gasteiger partial charge in [-0.3, -0.25) is 0 Å². The van der Waals surface area contributed by atoms with E-state index >= 15 is 0 Å². The maximum Gasteiger partial charge on any atom is 0.347 e. The first-order valence-corrected chi connectivity index (χ1v) is 9.82. The third-order valence-corrected chi connectivity index (χ3v) is 4.24. The molecule has 0 N–H and O–H groups in total. The summed E-state index contributed by atoms with van der Waals surface area (Å²) >= 11 is 0. The third kappa shape index (κ3) is 5.95. The molecule has 5 nitrogen and oxygen atoms in total. The van der Waals surface area contributed by atoms with Gasteiger partial charge in [0.2, 0.25) is 0 Å². The van der Waals surface area contributed by atoms with E-state index in [0.29, 0.717) is 35.7 Å². The number of carbonyl (C=O) groups is 2. The minimum atomic E-state index is -0.524. The molecule has 3 aromatic carbocycles. The lowest BCUT2D eigenvalue weighted by atomic mass is 10.2. The average molecular weight is 404 g/mol. The number of ether oxygens (including phenoxy) is 3. The van der Waals surface area contributed by atoms with E-state index in [1.54, 1.807) is 48.5 Å². The van der Waals surface area contributed by atoms with Gasteiger partial charge in [-0.15, -0.1) is 0 Å². The molecule has 0 bridgehead atoms. The van der Waals surface area contributed by atoms with Crippen LogP contribution in [0.4, 0.5) is 0 Å². The molecule has 0 amide bonds. The van der Waals surface area contributed by atoms with Crippen LogP contribution in [0.3, 0.4) is 0 Å². The molecule has 0 saturated carbocycles. The molecule has 0 aliphatic carbocycles. The predicted molar refractivity (Wildman–Crippen MR) is 114 cm³/mol. The smallest absolute Gasteiger partial charge is 0.347 e. The number of rotatable bonds is 8. The van der Waals surface area contributed by atoms with Gasteiger partial charge in [-0.05, 0) is 55.8 Å². The highest BCUT2D eigenvalue weighted by atomic mass is 16.5. The van der Waals surface area contributed by atoms with Crippen molar-refractivity contribution in [2.24, 2.45) is 0 Å². The molecule has 5 heteroatoms. The fourth-order valence-corrected chi connectivity index (χ4v) is 2.80. The van der Waals surface area contributed by atoms with Crippen molar-refractivity contribution in [1.29, 1.82) is 0 Å². The Labute approximate surface area is 176 Å². The number of esters is 2. The molecule has 0 fully saturated rings. The van der Waals surface area contributed by atoms with Gasteiger partial charge in [-0.25, -0.2) is 9.59 Å². The van der Waals surface area contributed by atoms with Crippen LogP contribution in [-0.4, -0.2) is 24.6 Å². The van der Waals surface area contributed by atoms with Crippen LogP contribution in [0.15, 0.2) is 78.9 Å². The molecule has 30 heavy (non-hydrogen) atoms. The summed E-state index contributed by atoms with van der Waals surface area (Å²) in [5, 5.41) is 0. The Morgan fingerprint density at radius 2 is 1.47 bits per heavy atom. The van der Waals surface area contributed by atoms with E-state index in [4.69, 9.17) is 14.2 Å². The average Bonchev–Trinajstić information content (AvgIpc) is 2.75. The molecule has 3 rings (SSSR count). The lowest BCUT2D eigenvalue weighted by molar-refractivity contribution is 0.0509. The quantitative estimate of drug-likeness (QED) is 0.386. The zero-order valence-corrected chi connectivity index (χ0v) is 17.0. The fraction of sp³-hybridized carbons (Fsp3) is 0.200. The van der Waals surface area contributed by atoms with Gasteiger partial charge in [0.15, 0.2) is 0 Å². The fourth-order valence-electron chi connectivity index (χ4n) is 2.80. The number of hydrogen-bond acceptors (Lipinski definition) is 5. The summed E-state index contributed by atoms with van der Waals surface area (Å²) in [6.07, 6.45) is 0.589. The molecule has 0 atom stereocenters. The number of benzene rings is 3. The van der Waals surface area contributed by atoms with Crippen molar-refractivity contribution in [3.05, 3.63) is 95.6 Å².